The van der Waals surface area contributed by atoms with Gasteiger partial charge in [-0.05, 0) is 38.3 Å². The number of aromatic nitrogens is 1. The van der Waals surface area contributed by atoms with E-state index in [1.54, 1.807) is 17.9 Å². The van der Waals surface area contributed by atoms with Gasteiger partial charge in [-0.2, -0.15) is 0 Å². The second-order valence-corrected chi connectivity index (χ2v) is 8.25. The fourth-order valence-electron chi connectivity index (χ4n) is 4.34. The predicted molar refractivity (Wildman–Crippen MR) is 111 cm³/mol. The molecule has 0 spiro atoms. The number of hydrogen-bond acceptors (Lipinski definition) is 5. The highest BCUT2D eigenvalue weighted by atomic mass is 16.5. The van der Waals surface area contributed by atoms with Crippen LogP contribution < -0.4 is 4.74 Å². The summed E-state index contributed by atoms with van der Waals surface area (Å²) in [5.74, 6) is 0.955. The molecule has 0 saturated carbocycles. The van der Waals surface area contributed by atoms with E-state index in [0.29, 0.717) is 31.6 Å². The van der Waals surface area contributed by atoms with Crippen molar-refractivity contribution in [3.8, 4) is 5.75 Å². The highest BCUT2D eigenvalue weighted by Crippen LogP contribution is 2.28. The van der Waals surface area contributed by atoms with Crippen molar-refractivity contribution < 1.29 is 18.8 Å². The van der Waals surface area contributed by atoms with E-state index in [1.165, 1.54) is 6.42 Å². The van der Waals surface area contributed by atoms with Crippen molar-refractivity contribution in [3.63, 3.8) is 0 Å². The first-order valence-electron chi connectivity index (χ1n) is 10.8. The summed E-state index contributed by atoms with van der Waals surface area (Å²) in [5.41, 5.74) is 0.678. The molecule has 0 N–H and O–H groups in total. The predicted octanol–water partition coefficient (Wildman–Crippen LogP) is 3.30. The maximum atomic E-state index is 13.0. The molecule has 0 radical (unpaired) electrons. The van der Waals surface area contributed by atoms with Crippen LogP contribution in [0.3, 0.4) is 0 Å². The number of carbonyl (C=O) groups is 2. The molecular weight excluding hydrogens is 382 g/mol. The first kappa shape index (κ1) is 20.4. The third-order valence-corrected chi connectivity index (χ3v) is 5.97. The Hall–Kier alpha value is -2.83. The first-order chi connectivity index (χ1) is 14.6. The molecule has 30 heavy (non-hydrogen) atoms. The van der Waals surface area contributed by atoms with Crippen LogP contribution in [0.25, 0.3) is 0 Å². The molecule has 2 atom stereocenters. The number of likely N-dealkylation sites (tertiary alicyclic amines) is 2. The van der Waals surface area contributed by atoms with Crippen molar-refractivity contribution in [2.24, 2.45) is 5.92 Å². The number of benzene rings is 1. The van der Waals surface area contributed by atoms with Gasteiger partial charge in [0.1, 0.15) is 11.9 Å². The molecule has 2 fully saturated rings. The lowest BCUT2D eigenvalue weighted by atomic mass is 9.90. The Morgan fingerprint density at radius 2 is 1.87 bits per heavy atom. The van der Waals surface area contributed by atoms with Crippen molar-refractivity contribution in [2.45, 2.75) is 45.1 Å². The average molecular weight is 412 g/mol. The van der Waals surface area contributed by atoms with Crippen LogP contribution >= 0.6 is 0 Å². The van der Waals surface area contributed by atoms with E-state index >= 15 is 0 Å². The summed E-state index contributed by atoms with van der Waals surface area (Å²) >= 11 is 0. The second kappa shape index (κ2) is 9.32. The maximum absolute atomic E-state index is 13.0. The number of ether oxygens (including phenoxy) is 1. The number of aryl methyl sites for hydroxylation is 1. The van der Waals surface area contributed by atoms with Gasteiger partial charge >= 0.3 is 0 Å². The van der Waals surface area contributed by atoms with Crippen molar-refractivity contribution in [3.05, 3.63) is 47.9 Å². The van der Waals surface area contributed by atoms with Gasteiger partial charge in [0.05, 0.1) is 5.69 Å². The molecule has 2 aromatic rings. The number of piperidine rings is 2. The van der Waals surface area contributed by atoms with E-state index in [9.17, 15) is 9.59 Å². The molecule has 2 aliphatic heterocycles. The first-order valence-corrected chi connectivity index (χ1v) is 10.8. The Morgan fingerprint density at radius 1 is 1.10 bits per heavy atom. The van der Waals surface area contributed by atoms with Crippen molar-refractivity contribution in [1.29, 1.82) is 0 Å². The molecule has 7 heteroatoms. The van der Waals surface area contributed by atoms with Crippen molar-refractivity contribution >= 4 is 11.8 Å². The van der Waals surface area contributed by atoms with Crippen LogP contribution in [0.5, 0.6) is 5.75 Å². The topological polar surface area (TPSA) is 75.9 Å². The fourth-order valence-corrected chi connectivity index (χ4v) is 4.34. The van der Waals surface area contributed by atoms with E-state index in [4.69, 9.17) is 9.26 Å². The van der Waals surface area contributed by atoms with Gasteiger partial charge in [0.15, 0.2) is 0 Å². The van der Waals surface area contributed by atoms with Crippen molar-refractivity contribution in [2.75, 3.05) is 26.2 Å². The van der Waals surface area contributed by atoms with Gasteiger partial charge < -0.3 is 19.1 Å². The molecule has 2 aliphatic rings. The van der Waals surface area contributed by atoms with E-state index in [-0.39, 0.29) is 29.6 Å². The smallest absolute Gasteiger partial charge is 0.292 e. The van der Waals surface area contributed by atoms with Gasteiger partial charge in [-0.1, -0.05) is 23.4 Å². The summed E-state index contributed by atoms with van der Waals surface area (Å²) in [5, 5.41) is 3.82. The molecule has 0 unspecified atom stereocenters. The molecule has 160 valence electrons. The Labute approximate surface area is 177 Å². The van der Waals surface area contributed by atoms with Crippen LogP contribution in [0.4, 0.5) is 0 Å². The summed E-state index contributed by atoms with van der Waals surface area (Å²) in [4.78, 5) is 29.5. The highest BCUT2D eigenvalue weighted by molar-refractivity contribution is 5.91. The molecule has 1 aromatic heterocycles. The normalized spacial score (nSPS) is 22.0. The van der Waals surface area contributed by atoms with Crippen LogP contribution in [-0.4, -0.2) is 59.1 Å². The number of nitrogens with zero attached hydrogens (tertiary/aromatic N) is 3. The molecule has 1 aromatic carbocycles. The largest absolute Gasteiger partial charge is 0.490 e. The maximum Gasteiger partial charge on any atom is 0.292 e. The lowest BCUT2D eigenvalue weighted by molar-refractivity contribution is -0.134. The summed E-state index contributed by atoms with van der Waals surface area (Å²) in [6, 6.07) is 11.3. The Balaban J connectivity index is 1.47. The Morgan fingerprint density at radius 3 is 2.57 bits per heavy atom. The third-order valence-electron chi connectivity index (χ3n) is 5.97. The molecule has 7 nitrogen and oxygen atoms in total. The van der Waals surface area contributed by atoms with E-state index < -0.39 is 0 Å². The molecule has 4 rings (SSSR count). The molecule has 0 aliphatic carbocycles. The van der Waals surface area contributed by atoms with Crippen LogP contribution in [0.1, 0.15) is 48.4 Å². The van der Waals surface area contributed by atoms with E-state index in [0.717, 1.165) is 31.7 Å². The zero-order chi connectivity index (χ0) is 20.9. The molecule has 2 amide bonds. The zero-order valence-electron chi connectivity index (χ0n) is 17.5. The number of hydrogen-bond donors (Lipinski definition) is 0. The van der Waals surface area contributed by atoms with Gasteiger partial charge in [0.25, 0.3) is 5.91 Å². The average Bonchev–Trinajstić information content (AvgIpc) is 3.22. The summed E-state index contributed by atoms with van der Waals surface area (Å²) in [6.07, 6.45) is 4.27. The third kappa shape index (κ3) is 4.83. The minimum Gasteiger partial charge on any atom is -0.490 e. The lowest BCUT2D eigenvalue weighted by Gasteiger charge is -2.39. The van der Waals surface area contributed by atoms with E-state index in [1.807, 2.05) is 35.2 Å². The quantitative estimate of drug-likeness (QED) is 0.755. The minimum atomic E-state index is -0.177. The standard InChI is InChI=1S/C23H29N3O4/c1-17-14-21(30-24-17)23(28)26-13-10-20(29-19-8-4-2-5-9-19)18(16-26)15-22(27)25-11-6-3-7-12-25/h2,4-5,8-9,14,18,20H,3,6-7,10-13,15-16H2,1H3/t18-,20-/m0/s1. The minimum absolute atomic E-state index is 0.0682. The number of rotatable bonds is 5. The van der Waals surface area contributed by atoms with Crippen LogP contribution in [0.2, 0.25) is 0 Å². The van der Waals surface area contributed by atoms with Crippen LogP contribution in [0, 0.1) is 12.8 Å². The van der Waals surface area contributed by atoms with Gasteiger partial charge in [-0.25, -0.2) is 0 Å². The monoisotopic (exact) mass is 411 g/mol. The Bertz CT molecular complexity index is 860. The summed E-state index contributed by atoms with van der Waals surface area (Å²) < 4.78 is 11.4. The van der Waals surface area contributed by atoms with Crippen LogP contribution in [-0.2, 0) is 4.79 Å². The highest BCUT2D eigenvalue weighted by Gasteiger charge is 2.36. The number of amides is 2. The zero-order valence-corrected chi connectivity index (χ0v) is 17.5. The molecule has 0 bridgehead atoms. The van der Waals surface area contributed by atoms with Gasteiger partial charge in [0.2, 0.25) is 11.7 Å². The van der Waals surface area contributed by atoms with Crippen LogP contribution in [0.15, 0.2) is 40.9 Å². The SMILES string of the molecule is Cc1cc(C(=O)N2CC[C@H](Oc3ccccc3)[C@@H](CC(=O)N3CCCCC3)C2)on1. The number of carbonyl (C=O) groups excluding carboxylic acids is 2. The summed E-state index contributed by atoms with van der Waals surface area (Å²) in [7, 11) is 0. The lowest BCUT2D eigenvalue weighted by Crippen LogP contribution is -2.49. The molecule has 2 saturated heterocycles. The van der Waals surface area contributed by atoms with Gasteiger partial charge in [-0.3, -0.25) is 9.59 Å². The second-order valence-electron chi connectivity index (χ2n) is 8.25. The fraction of sp³-hybridized carbons (Fsp3) is 0.522. The summed E-state index contributed by atoms with van der Waals surface area (Å²) in [6.45, 7) is 4.48. The van der Waals surface area contributed by atoms with Crippen molar-refractivity contribution in [1.82, 2.24) is 15.0 Å². The molecule has 3 heterocycles. The molecular formula is C23H29N3O4. The van der Waals surface area contributed by atoms with Gasteiger partial charge in [-0.15, -0.1) is 0 Å². The number of para-hydroxylation sites is 1. The Kier molecular flexibility index (Phi) is 6.35. The van der Waals surface area contributed by atoms with Gasteiger partial charge in [0, 0.05) is 51.0 Å². The van der Waals surface area contributed by atoms with E-state index in [2.05, 4.69) is 5.16 Å².